The second-order valence-corrected chi connectivity index (χ2v) is 6.86. The van der Waals surface area contributed by atoms with E-state index in [1.165, 1.54) is 4.90 Å². The molecule has 2 atom stereocenters. The lowest BCUT2D eigenvalue weighted by Gasteiger charge is -2.36. The van der Waals surface area contributed by atoms with Crippen molar-refractivity contribution in [3.8, 4) is 11.1 Å². The highest BCUT2D eigenvalue weighted by Crippen LogP contribution is 2.44. The molecule has 2 aliphatic rings. The van der Waals surface area contributed by atoms with Crippen molar-refractivity contribution < 1.29 is 24.2 Å². The Morgan fingerprint density at radius 1 is 1.11 bits per heavy atom. The van der Waals surface area contributed by atoms with Crippen molar-refractivity contribution in [3.05, 3.63) is 59.7 Å². The number of aliphatic carboxylic acids is 1. The predicted molar refractivity (Wildman–Crippen MR) is 98.6 cm³/mol. The topological polar surface area (TPSA) is 76.1 Å². The van der Waals surface area contributed by atoms with E-state index in [9.17, 15) is 14.7 Å². The summed E-state index contributed by atoms with van der Waals surface area (Å²) >= 11 is 0. The SMILES string of the molecule is CC1OCCN(C(=O)OCC2c3ccccc3-c3ccccc32)C1C(=O)O. The minimum absolute atomic E-state index is 0.0527. The Morgan fingerprint density at radius 2 is 1.70 bits per heavy atom. The van der Waals surface area contributed by atoms with Gasteiger partial charge >= 0.3 is 12.1 Å². The molecule has 0 spiro atoms. The quantitative estimate of drug-likeness (QED) is 0.902. The van der Waals surface area contributed by atoms with E-state index >= 15 is 0 Å². The molecule has 0 radical (unpaired) electrons. The van der Waals surface area contributed by atoms with Gasteiger partial charge in [-0.15, -0.1) is 0 Å². The van der Waals surface area contributed by atoms with Crippen LogP contribution < -0.4 is 0 Å². The smallest absolute Gasteiger partial charge is 0.410 e. The average Bonchev–Trinajstić information content (AvgIpc) is 2.99. The van der Waals surface area contributed by atoms with Crippen molar-refractivity contribution in [2.75, 3.05) is 19.8 Å². The number of amides is 1. The molecule has 6 nitrogen and oxygen atoms in total. The van der Waals surface area contributed by atoms with Crippen molar-refractivity contribution in [2.24, 2.45) is 0 Å². The third-order valence-corrected chi connectivity index (χ3v) is 5.32. The highest BCUT2D eigenvalue weighted by Gasteiger charge is 2.39. The maximum absolute atomic E-state index is 12.6. The summed E-state index contributed by atoms with van der Waals surface area (Å²) < 4.78 is 10.9. The molecule has 0 aromatic heterocycles. The molecular formula is C21H21NO5. The number of hydrogen-bond donors (Lipinski definition) is 1. The number of ether oxygens (including phenoxy) is 2. The molecule has 6 heteroatoms. The summed E-state index contributed by atoms with van der Waals surface area (Å²) in [6, 6.07) is 15.1. The molecule has 0 bridgehead atoms. The molecule has 2 aromatic rings. The number of carboxylic acid groups (broad SMARTS) is 1. The van der Waals surface area contributed by atoms with Crippen LogP contribution in [0, 0.1) is 0 Å². The minimum atomic E-state index is -1.09. The van der Waals surface area contributed by atoms with Crippen LogP contribution >= 0.6 is 0 Å². The van der Waals surface area contributed by atoms with Gasteiger partial charge in [0.1, 0.15) is 6.61 Å². The molecule has 1 fully saturated rings. The maximum atomic E-state index is 12.6. The second kappa shape index (κ2) is 7.04. The predicted octanol–water partition coefficient (Wildman–Crippen LogP) is 3.11. The Labute approximate surface area is 157 Å². The van der Waals surface area contributed by atoms with Crippen molar-refractivity contribution in [3.63, 3.8) is 0 Å². The monoisotopic (exact) mass is 367 g/mol. The third kappa shape index (κ3) is 3.06. The zero-order chi connectivity index (χ0) is 19.0. The highest BCUT2D eigenvalue weighted by molar-refractivity contribution is 5.81. The van der Waals surface area contributed by atoms with E-state index in [-0.39, 0.29) is 19.1 Å². The summed E-state index contributed by atoms with van der Waals surface area (Å²) in [7, 11) is 0. The van der Waals surface area contributed by atoms with E-state index in [4.69, 9.17) is 9.47 Å². The molecule has 4 rings (SSSR count). The average molecular weight is 367 g/mol. The molecule has 1 aliphatic heterocycles. The van der Waals surface area contributed by atoms with Gasteiger partial charge in [-0.05, 0) is 29.2 Å². The zero-order valence-corrected chi connectivity index (χ0v) is 15.0. The fourth-order valence-corrected chi connectivity index (χ4v) is 4.04. The van der Waals surface area contributed by atoms with Crippen molar-refractivity contribution >= 4 is 12.1 Å². The van der Waals surface area contributed by atoms with Crippen LogP contribution in [0.5, 0.6) is 0 Å². The van der Waals surface area contributed by atoms with Crippen LogP contribution in [0.1, 0.15) is 24.0 Å². The third-order valence-electron chi connectivity index (χ3n) is 5.32. The van der Waals surface area contributed by atoms with Crippen LogP contribution in [-0.2, 0) is 14.3 Å². The van der Waals surface area contributed by atoms with Crippen LogP contribution in [0.25, 0.3) is 11.1 Å². The van der Waals surface area contributed by atoms with Gasteiger partial charge in [0, 0.05) is 12.5 Å². The molecule has 0 saturated carbocycles. The summed E-state index contributed by atoms with van der Waals surface area (Å²) in [6.45, 7) is 2.33. The van der Waals surface area contributed by atoms with Crippen molar-refractivity contribution in [1.29, 1.82) is 0 Å². The number of carbonyl (C=O) groups excluding carboxylic acids is 1. The highest BCUT2D eigenvalue weighted by atomic mass is 16.6. The lowest BCUT2D eigenvalue weighted by atomic mass is 9.98. The first-order chi connectivity index (χ1) is 13.1. The largest absolute Gasteiger partial charge is 0.480 e. The number of morpholine rings is 1. The molecule has 1 heterocycles. The molecule has 1 saturated heterocycles. The molecular weight excluding hydrogens is 346 g/mol. The van der Waals surface area contributed by atoms with E-state index in [1.54, 1.807) is 6.92 Å². The maximum Gasteiger partial charge on any atom is 0.410 e. The lowest BCUT2D eigenvalue weighted by Crippen LogP contribution is -2.56. The van der Waals surface area contributed by atoms with E-state index in [0.29, 0.717) is 6.61 Å². The Balaban J connectivity index is 1.53. The molecule has 1 amide bonds. The van der Waals surface area contributed by atoms with Gasteiger partial charge in [0.25, 0.3) is 0 Å². The molecule has 140 valence electrons. The lowest BCUT2D eigenvalue weighted by molar-refractivity contribution is -0.153. The Hall–Kier alpha value is -2.86. The number of rotatable bonds is 3. The number of fused-ring (bicyclic) bond motifs is 3. The van der Waals surface area contributed by atoms with Crippen molar-refractivity contribution in [1.82, 2.24) is 4.90 Å². The first-order valence-corrected chi connectivity index (χ1v) is 9.04. The summed E-state index contributed by atoms with van der Waals surface area (Å²) in [5.41, 5.74) is 4.54. The summed E-state index contributed by atoms with van der Waals surface area (Å²) in [4.78, 5) is 25.4. The number of hydrogen-bond acceptors (Lipinski definition) is 4. The van der Waals surface area contributed by atoms with Gasteiger partial charge in [0.15, 0.2) is 6.04 Å². The van der Waals surface area contributed by atoms with Crippen LogP contribution in [0.4, 0.5) is 4.79 Å². The molecule has 27 heavy (non-hydrogen) atoms. The number of carboxylic acids is 1. The van der Waals surface area contributed by atoms with Gasteiger partial charge in [-0.1, -0.05) is 48.5 Å². The Bertz CT molecular complexity index is 835. The number of benzene rings is 2. The fourth-order valence-electron chi connectivity index (χ4n) is 4.04. The second-order valence-electron chi connectivity index (χ2n) is 6.86. The normalized spacial score (nSPS) is 21.4. The molecule has 2 aromatic carbocycles. The summed E-state index contributed by atoms with van der Waals surface area (Å²) in [5, 5.41) is 9.44. The summed E-state index contributed by atoms with van der Waals surface area (Å²) in [6.07, 6.45) is -1.18. The van der Waals surface area contributed by atoms with Gasteiger partial charge in [0.05, 0.1) is 12.7 Å². The van der Waals surface area contributed by atoms with Crippen LogP contribution in [0.3, 0.4) is 0 Å². The number of carbonyl (C=O) groups is 2. The summed E-state index contributed by atoms with van der Waals surface area (Å²) in [5.74, 6) is -1.14. The standard InChI is InChI=1S/C21H21NO5/c1-13-19(20(23)24)22(10-11-26-13)21(25)27-12-18-16-8-4-2-6-14(16)15-7-3-5-9-17(15)18/h2-9,13,18-19H,10-12H2,1H3,(H,23,24). The molecule has 2 unspecified atom stereocenters. The van der Waals surface area contributed by atoms with E-state index in [1.807, 2.05) is 36.4 Å². The zero-order valence-electron chi connectivity index (χ0n) is 15.0. The Kier molecular flexibility index (Phi) is 4.58. The first kappa shape index (κ1) is 17.5. The molecule has 1 N–H and O–H groups in total. The van der Waals surface area contributed by atoms with Gasteiger partial charge in [-0.25, -0.2) is 9.59 Å². The van der Waals surface area contributed by atoms with Crippen LogP contribution in [0.2, 0.25) is 0 Å². The van der Waals surface area contributed by atoms with E-state index in [0.717, 1.165) is 22.3 Å². The van der Waals surface area contributed by atoms with Crippen LogP contribution in [-0.4, -0.2) is 54.0 Å². The van der Waals surface area contributed by atoms with E-state index in [2.05, 4.69) is 12.1 Å². The Morgan fingerprint density at radius 3 is 2.30 bits per heavy atom. The fraction of sp³-hybridized carbons (Fsp3) is 0.333. The molecule has 1 aliphatic carbocycles. The van der Waals surface area contributed by atoms with E-state index < -0.39 is 24.2 Å². The van der Waals surface area contributed by atoms with Gasteiger partial charge in [-0.3, -0.25) is 4.90 Å². The first-order valence-electron chi connectivity index (χ1n) is 9.04. The van der Waals surface area contributed by atoms with Gasteiger partial charge < -0.3 is 14.6 Å². The van der Waals surface area contributed by atoms with Gasteiger partial charge in [-0.2, -0.15) is 0 Å². The minimum Gasteiger partial charge on any atom is -0.480 e. The number of nitrogens with zero attached hydrogens (tertiary/aromatic N) is 1. The van der Waals surface area contributed by atoms with Crippen LogP contribution in [0.15, 0.2) is 48.5 Å². The van der Waals surface area contributed by atoms with Crippen molar-refractivity contribution in [2.45, 2.75) is 25.0 Å². The van der Waals surface area contributed by atoms with Gasteiger partial charge in [0.2, 0.25) is 0 Å².